The molecule has 4 nitrogen and oxygen atoms in total. The van der Waals surface area contributed by atoms with Crippen LogP contribution in [0.25, 0.3) is 6.08 Å². The number of benzene rings is 2. The van der Waals surface area contributed by atoms with Crippen molar-refractivity contribution in [3.05, 3.63) is 65.2 Å². The van der Waals surface area contributed by atoms with E-state index in [2.05, 4.69) is 56.9 Å². The number of ether oxygens (including phenoxy) is 1. The Morgan fingerprint density at radius 3 is 2.11 bits per heavy atom. The number of unbranched alkanes of at least 4 members (excludes halogenated alkanes) is 1. The van der Waals surface area contributed by atoms with E-state index in [9.17, 15) is 0 Å². The van der Waals surface area contributed by atoms with Crippen molar-refractivity contribution in [2.45, 2.75) is 73.6 Å². The summed E-state index contributed by atoms with van der Waals surface area (Å²) in [5.41, 5.74) is 3.21. The van der Waals surface area contributed by atoms with Gasteiger partial charge in [0.1, 0.15) is 23.5 Å². The molecule has 0 saturated heterocycles. The van der Waals surface area contributed by atoms with Crippen molar-refractivity contribution < 1.29 is 4.74 Å². The molecule has 2 aromatic rings. The van der Waals surface area contributed by atoms with Gasteiger partial charge in [-0.25, -0.2) is 0 Å². The molecule has 0 radical (unpaired) electrons. The highest BCUT2D eigenvalue weighted by Crippen LogP contribution is 2.28. The van der Waals surface area contributed by atoms with Gasteiger partial charge in [0.25, 0.3) is 0 Å². The van der Waals surface area contributed by atoms with Gasteiger partial charge in [0.2, 0.25) is 0 Å². The molecule has 0 saturated carbocycles. The number of allylic oxidation sites excluding steroid dienone is 1. The molecular weight excluding hydrogens is 430 g/mol. The summed E-state index contributed by atoms with van der Waals surface area (Å²) in [4.78, 5) is 2.39. The zero-order chi connectivity index (χ0) is 26.5. The van der Waals surface area contributed by atoms with E-state index in [1.54, 1.807) is 13.2 Å². The summed E-state index contributed by atoms with van der Waals surface area (Å²) in [5, 5.41) is 18.0. The largest absolute Gasteiger partial charge is 0.496 e. The number of hydrogen-bond acceptors (Lipinski definition) is 4. The number of anilines is 1. The lowest BCUT2D eigenvalue weighted by atomic mass is 10.1. The fourth-order valence-corrected chi connectivity index (χ4v) is 3.23. The van der Waals surface area contributed by atoms with Gasteiger partial charge in [-0.1, -0.05) is 84.7 Å². The standard InChI is InChI=1S/C25H29N3O.C4H10.C2H6/c1-20(2)8-7-14-28(15-13-21-9-5-4-6-10-21)24-12-11-23(25(17-24)29-3)16-22(18-26)19-27;1-3-4-2;1-2/h4-6,9-12,16-17,20H,7-8,13-15H2,1-3H3;3-4H2,1-2H3;1-2H3. The summed E-state index contributed by atoms with van der Waals surface area (Å²) in [7, 11) is 1.61. The third kappa shape index (κ3) is 13.3. The van der Waals surface area contributed by atoms with Crippen molar-refractivity contribution in [2.24, 2.45) is 5.92 Å². The number of rotatable bonds is 11. The second-order valence-corrected chi connectivity index (χ2v) is 8.47. The summed E-state index contributed by atoms with van der Waals surface area (Å²) >= 11 is 0. The molecule has 4 heteroatoms. The van der Waals surface area contributed by atoms with Crippen LogP contribution in [-0.4, -0.2) is 20.2 Å². The molecule has 35 heavy (non-hydrogen) atoms. The molecule has 2 rings (SSSR count). The summed E-state index contributed by atoms with van der Waals surface area (Å²) < 4.78 is 5.54. The van der Waals surface area contributed by atoms with Crippen molar-refractivity contribution in [3.63, 3.8) is 0 Å². The first-order chi connectivity index (χ1) is 17.0. The SMILES string of the molecule is CC.CCCC.COc1cc(N(CCCC(C)C)CCc2ccccc2)ccc1C=C(C#N)C#N. The normalized spacial score (nSPS) is 9.43. The predicted octanol–water partition coefficient (Wildman–Crippen LogP) is 8.44. The fourth-order valence-electron chi connectivity index (χ4n) is 3.23. The molecule has 0 aliphatic carbocycles. The summed E-state index contributed by atoms with van der Waals surface area (Å²) in [6.45, 7) is 14.8. The highest BCUT2D eigenvalue weighted by Gasteiger charge is 2.11. The second kappa shape index (κ2) is 20.2. The van der Waals surface area contributed by atoms with Gasteiger partial charge in [0, 0.05) is 30.4 Å². The van der Waals surface area contributed by atoms with E-state index in [1.807, 2.05) is 50.3 Å². The van der Waals surface area contributed by atoms with Gasteiger partial charge in [0.15, 0.2) is 0 Å². The zero-order valence-corrected chi connectivity index (χ0v) is 23.0. The number of hydrogen-bond donors (Lipinski definition) is 0. The Labute approximate surface area is 214 Å². The maximum absolute atomic E-state index is 9.02. The number of methoxy groups -OCH3 is 1. The quantitative estimate of drug-likeness (QED) is 0.306. The topological polar surface area (TPSA) is 60.0 Å². The zero-order valence-electron chi connectivity index (χ0n) is 23.0. The van der Waals surface area contributed by atoms with Crippen LogP contribution in [0.5, 0.6) is 5.75 Å². The van der Waals surface area contributed by atoms with Crippen LogP contribution in [0.3, 0.4) is 0 Å². The third-order valence-corrected chi connectivity index (χ3v) is 5.35. The average molecular weight is 476 g/mol. The van der Waals surface area contributed by atoms with Crippen LogP contribution in [0, 0.1) is 28.6 Å². The predicted molar refractivity (Wildman–Crippen MR) is 151 cm³/mol. The third-order valence-electron chi connectivity index (χ3n) is 5.35. The molecule has 190 valence electrons. The minimum absolute atomic E-state index is 0.0638. The molecule has 0 fully saturated rings. The minimum Gasteiger partial charge on any atom is -0.496 e. The van der Waals surface area contributed by atoms with Crippen LogP contribution in [0.1, 0.15) is 78.4 Å². The van der Waals surface area contributed by atoms with Gasteiger partial charge >= 0.3 is 0 Å². The van der Waals surface area contributed by atoms with Crippen LogP contribution in [-0.2, 0) is 6.42 Å². The fraction of sp³-hybridized carbons (Fsp3) is 0.484. The summed E-state index contributed by atoms with van der Waals surface area (Å²) in [5.74, 6) is 1.35. The maximum atomic E-state index is 9.02. The highest BCUT2D eigenvalue weighted by atomic mass is 16.5. The van der Waals surface area contributed by atoms with Crippen LogP contribution in [0.4, 0.5) is 5.69 Å². The van der Waals surface area contributed by atoms with Crippen LogP contribution < -0.4 is 9.64 Å². The molecular formula is C31H45N3O. The average Bonchev–Trinajstić information content (AvgIpc) is 2.91. The van der Waals surface area contributed by atoms with Crippen molar-refractivity contribution in [1.29, 1.82) is 10.5 Å². The van der Waals surface area contributed by atoms with Crippen LogP contribution in [0.2, 0.25) is 0 Å². The highest BCUT2D eigenvalue weighted by molar-refractivity contribution is 5.69. The van der Waals surface area contributed by atoms with Gasteiger partial charge in [-0.05, 0) is 49.0 Å². The van der Waals surface area contributed by atoms with Gasteiger partial charge in [0.05, 0.1) is 7.11 Å². The van der Waals surface area contributed by atoms with E-state index in [0.29, 0.717) is 11.7 Å². The molecule has 0 bridgehead atoms. The molecule has 0 unspecified atom stereocenters. The Kier molecular flexibility index (Phi) is 18.3. The molecule has 0 aliphatic rings. The van der Waals surface area contributed by atoms with E-state index in [4.69, 9.17) is 15.3 Å². The molecule has 2 aromatic carbocycles. The maximum Gasteiger partial charge on any atom is 0.130 e. The molecule has 0 heterocycles. The lowest BCUT2D eigenvalue weighted by molar-refractivity contribution is 0.413. The first-order valence-corrected chi connectivity index (χ1v) is 13.0. The molecule has 0 atom stereocenters. The van der Waals surface area contributed by atoms with E-state index >= 15 is 0 Å². The lowest BCUT2D eigenvalue weighted by Crippen LogP contribution is -2.27. The van der Waals surface area contributed by atoms with Gasteiger partial charge in [-0.15, -0.1) is 0 Å². The van der Waals surface area contributed by atoms with E-state index in [1.165, 1.54) is 24.8 Å². The van der Waals surface area contributed by atoms with Crippen LogP contribution in [0.15, 0.2) is 54.1 Å². The second-order valence-electron chi connectivity index (χ2n) is 8.47. The van der Waals surface area contributed by atoms with Crippen molar-refractivity contribution in [3.8, 4) is 17.9 Å². The molecule has 0 spiro atoms. The van der Waals surface area contributed by atoms with Crippen molar-refractivity contribution >= 4 is 11.8 Å². The first kappa shape index (κ1) is 31.8. The van der Waals surface area contributed by atoms with Crippen LogP contribution >= 0.6 is 0 Å². The van der Waals surface area contributed by atoms with E-state index in [-0.39, 0.29) is 5.57 Å². The molecule has 0 aromatic heterocycles. The number of nitriles is 2. The Morgan fingerprint density at radius 1 is 0.971 bits per heavy atom. The van der Waals surface area contributed by atoms with Gasteiger partial charge < -0.3 is 9.64 Å². The molecule has 0 N–H and O–H groups in total. The summed E-state index contributed by atoms with van der Waals surface area (Å²) in [6.07, 6.45) is 7.49. The van der Waals surface area contributed by atoms with E-state index < -0.39 is 0 Å². The van der Waals surface area contributed by atoms with Gasteiger partial charge in [-0.3, -0.25) is 0 Å². The first-order valence-electron chi connectivity index (χ1n) is 13.0. The molecule has 0 aliphatic heterocycles. The lowest BCUT2D eigenvalue weighted by Gasteiger charge is -2.26. The smallest absolute Gasteiger partial charge is 0.130 e. The van der Waals surface area contributed by atoms with E-state index in [0.717, 1.165) is 37.2 Å². The Hall–Kier alpha value is -3.24. The Balaban J connectivity index is 0.00000174. The van der Waals surface area contributed by atoms with Gasteiger partial charge in [-0.2, -0.15) is 10.5 Å². The minimum atomic E-state index is 0.0638. The Bertz CT molecular complexity index is 902. The Morgan fingerprint density at radius 2 is 1.60 bits per heavy atom. The molecule has 0 amide bonds. The van der Waals surface area contributed by atoms with Crippen molar-refractivity contribution in [1.82, 2.24) is 0 Å². The number of nitrogens with zero attached hydrogens (tertiary/aromatic N) is 3. The summed E-state index contributed by atoms with van der Waals surface area (Å²) in [6, 6.07) is 20.3. The van der Waals surface area contributed by atoms with Crippen molar-refractivity contribution in [2.75, 3.05) is 25.1 Å². The monoisotopic (exact) mass is 475 g/mol.